The first-order valence-electron chi connectivity index (χ1n) is 10.2. The molecule has 0 radical (unpaired) electrons. The van der Waals surface area contributed by atoms with Crippen LogP contribution in [-0.4, -0.2) is 15.9 Å². The van der Waals surface area contributed by atoms with Gasteiger partial charge >= 0.3 is 0 Å². The van der Waals surface area contributed by atoms with Crippen molar-refractivity contribution in [2.24, 2.45) is 4.99 Å². The molecule has 30 heavy (non-hydrogen) atoms. The zero-order chi connectivity index (χ0) is 21.1. The number of nitrogens with zero attached hydrogens (tertiary/aromatic N) is 3. The molecule has 0 saturated heterocycles. The number of benzene rings is 2. The highest BCUT2D eigenvalue weighted by atomic mass is 16.3. The number of aromatic hydroxyl groups is 1. The number of pyridine rings is 1. The first kappa shape index (κ1) is 19.7. The average Bonchev–Trinajstić information content (AvgIpc) is 3.29. The molecule has 1 fully saturated rings. The minimum absolute atomic E-state index is 0.0671. The number of aliphatic imine (C=N–C) groups is 1. The van der Waals surface area contributed by atoms with Crippen LogP contribution in [0.4, 0.5) is 5.69 Å². The van der Waals surface area contributed by atoms with Crippen LogP contribution in [0.3, 0.4) is 0 Å². The van der Waals surface area contributed by atoms with Gasteiger partial charge in [0.15, 0.2) is 0 Å². The predicted octanol–water partition coefficient (Wildman–Crippen LogP) is 5.27. The van der Waals surface area contributed by atoms with Gasteiger partial charge in [0.2, 0.25) is 5.88 Å². The molecule has 0 amide bonds. The number of hydrogen-bond donors (Lipinski definition) is 1. The Morgan fingerprint density at radius 3 is 2.33 bits per heavy atom. The van der Waals surface area contributed by atoms with Crippen molar-refractivity contribution in [2.75, 3.05) is 0 Å². The molecular formula is C25H23N3O2. The number of nitriles is 1. The molecule has 1 aliphatic rings. The van der Waals surface area contributed by atoms with Crippen LogP contribution in [0.25, 0.3) is 11.1 Å². The fraction of sp³-hybridized carbons (Fsp3) is 0.240. The number of rotatable bonds is 4. The molecule has 150 valence electrons. The third-order valence-electron chi connectivity index (χ3n) is 5.80. The summed E-state index contributed by atoms with van der Waals surface area (Å²) in [5, 5.41) is 20.4. The van der Waals surface area contributed by atoms with Crippen molar-refractivity contribution in [3.63, 3.8) is 0 Å². The fourth-order valence-corrected chi connectivity index (χ4v) is 4.11. The maximum absolute atomic E-state index is 12.8. The second-order valence-corrected chi connectivity index (χ2v) is 7.63. The van der Waals surface area contributed by atoms with E-state index in [4.69, 9.17) is 0 Å². The first-order chi connectivity index (χ1) is 14.6. The van der Waals surface area contributed by atoms with Gasteiger partial charge in [-0.25, -0.2) is 0 Å². The van der Waals surface area contributed by atoms with Crippen LogP contribution < -0.4 is 5.56 Å². The molecule has 1 saturated carbocycles. The van der Waals surface area contributed by atoms with Crippen LogP contribution in [0, 0.1) is 18.3 Å². The van der Waals surface area contributed by atoms with Crippen molar-refractivity contribution in [1.29, 1.82) is 5.26 Å². The Balaban J connectivity index is 1.70. The van der Waals surface area contributed by atoms with Gasteiger partial charge in [0.05, 0.1) is 11.3 Å². The normalized spacial score (nSPS) is 14.3. The van der Waals surface area contributed by atoms with E-state index in [-0.39, 0.29) is 17.5 Å². The van der Waals surface area contributed by atoms with E-state index < -0.39 is 5.56 Å². The predicted molar refractivity (Wildman–Crippen MR) is 118 cm³/mol. The van der Waals surface area contributed by atoms with Gasteiger partial charge in [0, 0.05) is 12.3 Å². The van der Waals surface area contributed by atoms with Crippen LogP contribution in [0.1, 0.15) is 48.4 Å². The molecule has 1 heterocycles. The first-order valence-corrected chi connectivity index (χ1v) is 10.2. The van der Waals surface area contributed by atoms with Crippen molar-refractivity contribution in [1.82, 2.24) is 4.57 Å². The molecule has 0 aliphatic heterocycles. The van der Waals surface area contributed by atoms with E-state index in [2.05, 4.69) is 17.1 Å². The van der Waals surface area contributed by atoms with Crippen molar-refractivity contribution in [3.05, 3.63) is 81.6 Å². The Kier molecular flexibility index (Phi) is 5.49. The second kappa shape index (κ2) is 8.38. The van der Waals surface area contributed by atoms with Gasteiger partial charge in [-0.3, -0.25) is 14.4 Å². The van der Waals surface area contributed by atoms with Gasteiger partial charge in [-0.05, 0) is 48.6 Å². The van der Waals surface area contributed by atoms with Crippen molar-refractivity contribution in [2.45, 2.75) is 38.6 Å². The summed E-state index contributed by atoms with van der Waals surface area (Å²) in [7, 11) is 0. The minimum Gasteiger partial charge on any atom is -0.494 e. The van der Waals surface area contributed by atoms with E-state index in [1.165, 1.54) is 4.57 Å². The van der Waals surface area contributed by atoms with Crippen LogP contribution in [0.5, 0.6) is 5.88 Å². The van der Waals surface area contributed by atoms with Gasteiger partial charge in [-0.2, -0.15) is 5.26 Å². The van der Waals surface area contributed by atoms with Gasteiger partial charge in [-0.15, -0.1) is 0 Å². The lowest BCUT2D eigenvalue weighted by Gasteiger charge is -2.19. The number of aromatic nitrogens is 1. The van der Waals surface area contributed by atoms with E-state index in [1.54, 1.807) is 13.1 Å². The zero-order valence-electron chi connectivity index (χ0n) is 16.9. The lowest BCUT2D eigenvalue weighted by molar-refractivity contribution is 0.368. The monoisotopic (exact) mass is 397 g/mol. The molecular weight excluding hydrogens is 374 g/mol. The second-order valence-electron chi connectivity index (χ2n) is 7.63. The molecule has 5 heteroatoms. The van der Waals surface area contributed by atoms with Gasteiger partial charge in [-0.1, -0.05) is 55.3 Å². The Morgan fingerprint density at radius 2 is 1.70 bits per heavy atom. The summed E-state index contributed by atoms with van der Waals surface area (Å²) < 4.78 is 1.39. The molecule has 5 nitrogen and oxygen atoms in total. The highest BCUT2D eigenvalue weighted by Gasteiger charge is 2.25. The molecule has 1 aromatic heterocycles. The third-order valence-corrected chi connectivity index (χ3v) is 5.80. The third kappa shape index (κ3) is 3.65. The highest BCUT2D eigenvalue weighted by Crippen LogP contribution is 2.33. The van der Waals surface area contributed by atoms with E-state index >= 15 is 0 Å². The summed E-state index contributed by atoms with van der Waals surface area (Å²) in [6.45, 7) is 1.68. The Labute approximate surface area is 175 Å². The molecule has 4 rings (SSSR count). The van der Waals surface area contributed by atoms with Crippen molar-refractivity contribution in [3.8, 4) is 23.1 Å². The van der Waals surface area contributed by atoms with E-state index in [9.17, 15) is 15.2 Å². The summed E-state index contributed by atoms with van der Waals surface area (Å²) in [6.07, 6.45) is 5.25. The topological polar surface area (TPSA) is 78.4 Å². The molecule has 0 atom stereocenters. The highest BCUT2D eigenvalue weighted by molar-refractivity contribution is 5.87. The fourth-order valence-electron chi connectivity index (χ4n) is 4.11. The van der Waals surface area contributed by atoms with Crippen LogP contribution in [0.2, 0.25) is 0 Å². The molecule has 0 unspecified atom stereocenters. The summed E-state index contributed by atoms with van der Waals surface area (Å²) in [5.74, 6) is -0.104. The van der Waals surface area contributed by atoms with E-state index in [1.807, 2.05) is 48.5 Å². The summed E-state index contributed by atoms with van der Waals surface area (Å²) >= 11 is 0. The van der Waals surface area contributed by atoms with Crippen LogP contribution in [0.15, 0.2) is 64.4 Å². The average molecular weight is 397 g/mol. The Morgan fingerprint density at radius 1 is 1.07 bits per heavy atom. The van der Waals surface area contributed by atoms with Crippen molar-refractivity contribution >= 4 is 11.9 Å². The number of hydrogen-bond acceptors (Lipinski definition) is 4. The Hall–Kier alpha value is -3.65. The summed E-state index contributed by atoms with van der Waals surface area (Å²) in [5.41, 5.74) is 3.48. The van der Waals surface area contributed by atoms with Crippen LogP contribution in [-0.2, 0) is 0 Å². The smallest absolute Gasteiger partial charge is 0.271 e. The largest absolute Gasteiger partial charge is 0.494 e. The SMILES string of the molecule is Cc1c(C=Nc2ccc(-c3ccccc3)cc2)c(O)n(C2CCCC2)c(=O)c1C#N. The maximum atomic E-state index is 12.8. The summed E-state index contributed by atoms with van der Waals surface area (Å²) in [6, 6.07) is 19.8. The maximum Gasteiger partial charge on any atom is 0.271 e. The van der Waals surface area contributed by atoms with E-state index in [0.29, 0.717) is 11.1 Å². The summed E-state index contributed by atoms with van der Waals surface area (Å²) in [4.78, 5) is 17.3. The molecule has 3 aromatic rings. The molecule has 1 N–H and O–H groups in total. The lowest BCUT2D eigenvalue weighted by atomic mass is 10.0. The quantitative estimate of drug-likeness (QED) is 0.609. The van der Waals surface area contributed by atoms with Crippen LogP contribution >= 0.6 is 0 Å². The zero-order valence-corrected chi connectivity index (χ0v) is 16.9. The minimum atomic E-state index is -0.413. The van der Waals surface area contributed by atoms with E-state index in [0.717, 1.165) is 42.5 Å². The molecule has 0 bridgehead atoms. The standard InChI is InChI=1S/C25H23N3O2/c1-17-22(15-26)24(29)28(21-9-5-6-10-21)25(30)23(17)16-27-20-13-11-19(12-14-20)18-7-3-2-4-8-18/h2-4,7-8,11-14,16,21,30H,5-6,9-10H2,1H3. The molecule has 0 spiro atoms. The lowest BCUT2D eigenvalue weighted by Crippen LogP contribution is -2.28. The van der Waals surface area contributed by atoms with Gasteiger partial charge in [0.1, 0.15) is 11.6 Å². The molecule has 2 aromatic carbocycles. The van der Waals surface area contributed by atoms with Crippen molar-refractivity contribution < 1.29 is 5.11 Å². The van der Waals surface area contributed by atoms with Gasteiger partial charge < -0.3 is 5.11 Å². The Bertz CT molecular complexity index is 1180. The van der Waals surface area contributed by atoms with Gasteiger partial charge in [0.25, 0.3) is 5.56 Å². The molecule has 1 aliphatic carbocycles.